The zero-order chi connectivity index (χ0) is 20.9. The number of rotatable bonds is 6. The van der Waals surface area contributed by atoms with Crippen molar-refractivity contribution in [2.75, 3.05) is 10.7 Å². The Bertz CT molecular complexity index is 1170. The number of nitrogens with one attached hydrogen (secondary N) is 2. The van der Waals surface area contributed by atoms with Crippen molar-refractivity contribution in [3.05, 3.63) is 77.4 Å². The van der Waals surface area contributed by atoms with E-state index in [-0.39, 0.29) is 5.95 Å². The summed E-state index contributed by atoms with van der Waals surface area (Å²) in [6, 6.07) is 15.5. The van der Waals surface area contributed by atoms with E-state index in [0.717, 1.165) is 22.8 Å². The van der Waals surface area contributed by atoms with Gasteiger partial charge in [0.1, 0.15) is 0 Å². The Morgan fingerprint density at radius 3 is 2.43 bits per heavy atom. The van der Waals surface area contributed by atoms with Crippen LogP contribution in [-0.4, -0.2) is 35.9 Å². The molecule has 3 aromatic heterocycles. The first-order valence-corrected chi connectivity index (χ1v) is 9.40. The van der Waals surface area contributed by atoms with Gasteiger partial charge in [0.2, 0.25) is 11.9 Å². The van der Waals surface area contributed by atoms with Crippen molar-refractivity contribution in [2.24, 2.45) is 5.10 Å². The SMILES string of the molecule is Cc1ccc(Nc2nc(N/N=C\c3ccccn3)nc(-n3nc(C)cc3C)n2)cc1. The molecule has 9 nitrogen and oxygen atoms in total. The Balaban J connectivity index is 1.65. The highest BCUT2D eigenvalue weighted by Crippen LogP contribution is 2.17. The highest BCUT2D eigenvalue weighted by molar-refractivity contribution is 5.77. The minimum absolute atomic E-state index is 0.286. The van der Waals surface area contributed by atoms with Crippen LogP contribution in [0.1, 0.15) is 22.6 Å². The van der Waals surface area contributed by atoms with Crippen LogP contribution in [0.2, 0.25) is 0 Å². The number of hydrogen-bond donors (Lipinski definition) is 2. The standard InChI is InChI=1S/C21H21N9/c1-14-7-9-17(10-8-14)24-19-25-20(28-23-13-18-6-4-5-11-22-18)27-21(26-19)30-16(3)12-15(2)29-30/h4-13H,1-3H3,(H2,24,25,26,27,28)/b23-13-. The van der Waals surface area contributed by atoms with E-state index in [2.05, 4.69) is 40.9 Å². The van der Waals surface area contributed by atoms with E-state index in [1.165, 1.54) is 5.56 Å². The Labute approximate surface area is 174 Å². The van der Waals surface area contributed by atoms with E-state index < -0.39 is 0 Å². The van der Waals surface area contributed by atoms with E-state index in [0.29, 0.717) is 11.9 Å². The van der Waals surface area contributed by atoms with E-state index in [1.807, 2.05) is 69.3 Å². The summed E-state index contributed by atoms with van der Waals surface area (Å²) in [6.07, 6.45) is 3.30. The van der Waals surface area contributed by atoms with Crippen molar-refractivity contribution < 1.29 is 0 Å². The summed E-state index contributed by atoms with van der Waals surface area (Å²) < 4.78 is 1.67. The first-order chi connectivity index (χ1) is 14.6. The third-order valence-corrected chi connectivity index (χ3v) is 4.18. The highest BCUT2D eigenvalue weighted by atomic mass is 15.4. The fourth-order valence-corrected chi connectivity index (χ4v) is 2.77. The van der Waals surface area contributed by atoms with Crippen molar-refractivity contribution in [2.45, 2.75) is 20.8 Å². The maximum absolute atomic E-state index is 4.52. The predicted octanol–water partition coefficient (Wildman–Crippen LogP) is 3.57. The lowest BCUT2D eigenvalue weighted by molar-refractivity contribution is 0.767. The molecule has 150 valence electrons. The number of nitrogens with zero attached hydrogens (tertiary/aromatic N) is 7. The van der Waals surface area contributed by atoms with Gasteiger partial charge >= 0.3 is 0 Å². The third kappa shape index (κ3) is 4.64. The minimum Gasteiger partial charge on any atom is -0.324 e. The molecule has 0 spiro atoms. The summed E-state index contributed by atoms with van der Waals surface area (Å²) in [7, 11) is 0. The van der Waals surface area contributed by atoms with Gasteiger partial charge in [-0.05, 0) is 51.1 Å². The number of benzene rings is 1. The minimum atomic E-state index is 0.286. The average Bonchev–Trinajstić information content (AvgIpc) is 3.08. The maximum Gasteiger partial charge on any atom is 0.257 e. The van der Waals surface area contributed by atoms with Crippen LogP contribution in [0, 0.1) is 20.8 Å². The first-order valence-electron chi connectivity index (χ1n) is 9.40. The number of hydrogen-bond acceptors (Lipinski definition) is 8. The fraction of sp³-hybridized carbons (Fsp3) is 0.143. The Morgan fingerprint density at radius 2 is 1.73 bits per heavy atom. The van der Waals surface area contributed by atoms with Gasteiger partial charge in [0.15, 0.2) is 0 Å². The quantitative estimate of drug-likeness (QED) is 0.377. The fourth-order valence-electron chi connectivity index (χ4n) is 2.77. The summed E-state index contributed by atoms with van der Waals surface area (Å²) in [5.74, 6) is 1.06. The summed E-state index contributed by atoms with van der Waals surface area (Å²) in [6.45, 7) is 5.91. The number of hydrazone groups is 1. The van der Waals surface area contributed by atoms with Crippen LogP contribution in [0.3, 0.4) is 0 Å². The van der Waals surface area contributed by atoms with E-state index >= 15 is 0 Å². The van der Waals surface area contributed by atoms with Crippen LogP contribution in [0.25, 0.3) is 5.95 Å². The molecule has 4 rings (SSSR count). The molecule has 0 aliphatic rings. The van der Waals surface area contributed by atoms with Crippen molar-refractivity contribution in [3.8, 4) is 5.95 Å². The molecule has 0 radical (unpaired) electrons. The summed E-state index contributed by atoms with van der Waals surface area (Å²) >= 11 is 0. The van der Waals surface area contributed by atoms with Crippen LogP contribution >= 0.6 is 0 Å². The summed E-state index contributed by atoms with van der Waals surface area (Å²) in [4.78, 5) is 17.6. The van der Waals surface area contributed by atoms with Gasteiger partial charge in [-0.15, -0.1) is 0 Å². The van der Waals surface area contributed by atoms with Crippen LogP contribution in [0.4, 0.5) is 17.6 Å². The van der Waals surface area contributed by atoms with Gasteiger partial charge in [0.05, 0.1) is 17.6 Å². The zero-order valence-corrected chi connectivity index (χ0v) is 16.9. The molecule has 0 amide bonds. The van der Waals surface area contributed by atoms with Gasteiger partial charge in [-0.2, -0.15) is 25.2 Å². The molecule has 2 N–H and O–H groups in total. The molecule has 0 saturated carbocycles. The largest absolute Gasteiger partial charge is 0.324 e. The topological polar surface area (TPSA) is 106 Å². The van der Waals surface area contributed by atoms with Gasteiger partial charge in [-0.25, -0.2) is 10.1 Å². The van der Waals surface area contributed by atoms with Crippen molar-refractivity contribution >= 4 is 23.8 Å². The Hall–Kier alpha value is -4.14. The van der Waals surface area contributed by atoms with Crippen molar-refractivity contribution in [3.63, 3.8) is 0 Å². The second-order valence-electron chi connectivity index (χ2n) is 6.74. The highest BCUT2D eigenvalue weighted by Gasteiger charge is 2.12. The van der Waals surface area contributed by atoms with Gasteiger partial charge in [-0.3, -0.25) is 4.98 Å². The van der Waals surface area contributed by atoms with E-state index in [9.17, 15) is 0 Å². The molecule has 3 heterocycles. The van der Waals surface area contributed by atoms with Gasteiger partial charge in [-0.1, -0.05) is 23.8 Å². The molecular weight excluding hydrogens is 378 g/mol. The molecule has 4 aromatic rings. The number of pyridine rings is 1. The lowest BCUT2D eigenvalue weighted by Crippen LogP contribution is -2.11. The van der Waals surface area contributed by atoms with Crippen LogP contribution in [-0.2, 0) is 0 Å². The monoisotopic (exact) mass is 399 g/mol. The van der Waals surface area contributed by atoms with Gasteiger partial charge < -0.3 is 5.32 Å². The lowest BCUT2D eigenvalue weighted by Gasteiger charge is -2.09. The molecule has 0 fully saturated rings. The molecule has 30 heavy (non-hydrogen) atoms. The molecule has 1 aromatic carbocycles. The molecule has 9 heteroatoms. The summed E-state index contributed by atoms with van der Waals surface area (Å²) in [5, 5.41) is 11.9. The number of anilines is 3. The molecule has 0 atom stereocenters. The Morgan fingerprint density at radius 1 is 0.933 bits per heavy atom. The number of aromatic nitrogens is 6. The normalized spacial score (nSPS) is 11.0. The second kappa shape index (κ2) is 8.48. The predicted molar refractivity (Wildman–Crippen MR) is 116 cm³/mol. The van der Waals surface area contributed by atoms with Crippen LogP contribution in [0.15, 0.2) is 59.8 Å². The Kier molecular flexibility index (Phi) is 5.42. The lowest BCUT2D eigenvalue weighted by atomic mass is 10.2. The molecular formula is C21H21N9. The van der Waals surface area contributed by atoms with E-state index in [4.69, 9.17) is 0 Å². The zero-order valence-electron chi connectivity index (χ0n) is 16.9. The average molecular weight is 399 g/mol. The molecule has 0 aliphatic carbocycles. The number of aryl methyl sites for hydroxylation is 3. The third-order valence-electron chi connectivity index (χ3n) is 4.18. The second-order valence-corrected chi connectivity index (χ2v) is 6.74. The molecule has 0 aliphatic heterocycles. The van der Waals surface area contributed by atoms with Gasteiger partial charge in [0, 0.05) is 17.6 Å². The van der Waals surface area contributed by atoms with Crippen LogP contribution in [0.5, 0.6) is 0 Å². The molecule has 0 saturated heterocycles. The smallest absolute Gasteiger partial charge is 0.257 e. The maximum atomic E-state index is 4.52. The first kappa shape index (κ1) is 19.2. The summed E-state index contributed by atoms with van der Waals surface area (Å²) in [5.41, 5.74) is 7.41. The molecule has 0 unspecified atom stereocenters. The van der Waals surface area contributed by atoms with Crippen molar-refractivity contribution in [1.82, 2.24) is 29.7 Å². The van der Waals surface area contributed by atoms with E-state index in [1.54, 1.807) is 17.1 Å². The van der Waals surface area contributed by atoms with Crippen molar-refractivity contribution in [1.29, 1.82) is 0 Å². The molecule has 0 bridgehead atoms. The van der Waals surface area contributed by atoms with Crippen LogP contribution < -0.4 is 10.7 Å². The van der Waals surface area contributed by atoms with Gasteiger partial charge in [0.25, 0.3) is 5.95 Å².